The molecule has 204 valence electrons. The van der Waals surface area contributed by atoms with Crippen molar-refractivity contribution in [1.82, 2.24) is 25.2 Å². The fraction of sp³-hybridized carbons (Fsp3) is 0.125. The first-order chi connectivity index (χ1) is 19.9. The van der Waals surface area contributed by atoms with E-state index in [4.69, 9.17) is 9.72 Å². The van der Waals surface area contributed by atoms with Crippen LogP contribution >= 0.6 is 0 Å². The van der Waals surface area contributed by atoms with E-state index in [1.807, 2.05) is 54.6 Å². The molecule has 0 spiro atoms. The maximum atomic E-state index is 11.9. The van der Waals surface area contributed by atoms with Crippen molar-refractivity contribution in [2.24, 2.45) is 0 Å². The molecule has 0 amide bonds. The highest BCUT2D eigenvalue weighted by atomic mass is 32.2. The van der Waals surface area contributed by atoms with Gasteiger partial charge in [0.05, 0.1) is 16.1 Å². The molecule has 0 unspecified atom stereocenters. The normalized spacial score (nSPS) is 11.6. The van der Waals surface area contributed by atoms with Gasteiger partial charge in [0, 0.05) is 29.0 Å². The molecule has 0 aliphatic heterocycles. The van der Waals surface area contributed by atoms with E-state index in [1.165, 1.54) is 6.26 Å². The van der Waals surface area contributed by atoms with Gasteiger partial charge in [-0.05, 0) is 69.9 Å². The number of aromatic nitrogens is 5. The fourth-order valence-electron chi connectivity index (χ4n) is 4.73. The molecule has 0 aliphatic carbocycles. The number of tetrazole rings is 1. The molecule has 9 heteroatoms. The number of rotatable bonds is 8. The molecule has 0 saturated carbocycles. The minimum atomic E-state index is -3.30. The third-order valence-electron chi connectivity index (χ3n) is 6.90. The number of benzene rings is 4. The predicted molar refractivity (Wildman–Crippen MR) is 159 cm³/mol. The number of pyridine rings is 1. The molecule has 0 radical (unpaired) electrons. The molecule has 0 aliphatic rings. The number of sulfone groups is 1. The topological polar surface area (TPSA) is 99.9 Å². The van der Waals surface area contributed by atoms with Crippen LogP contribution in [-0.4, -0.2) is 39.9 Å². The summed E-state index contributed by atoms with van der Waals surface area (Å²) >= 11 is 0. The number of hydrogen-bond acceptors (Lipinski definition) is 7. The van der Waals surface area contributed by atoms with Crippen molar-refractivity contribution in [1.29, 1.82) is 0 Å². The van der Waals surface area contributed by atoms with Gasteiger partial charge in [0.25, 0.3) is 0 Å². The Balaban J connectivity index is 1.27. The van der Waals surface area contributed by atoms with E-state index in [1.54, 1.807) is 28.9 Å². The number of para-hydroxylation sites is 1. The summed E-state index contributed by atoms with van der Waals surface area (Å²) in [6.07, 6.45) is 2.02. The minimum Gasteiger partial charge on any atom is -0.488 e. The van der Waals surface area contributed by atoms with Crippen molar-refractivity contribution in [2.45, 2.75) is 24.8 Å². The Kier molecular flexibility index (Phi) is 7.03. The van der Waals surface area contributed by atoms with Crippen LogP contribution < -0.4 is 4.74 Å². The molecule has 0 N–H and O–H groups in total. The first kappa shape index (κ1) is 26.3. The van der Waals surface area contributed by atoms with E-state index in [0.717, 1.165) is 51.0 Å². The molecule has 0 atom stereocenters. The zero-order valence-electron chi connectivity index (χ0n) is 22.6. The van der Waals surface area contributed by atoms with Crippen LogP contribution in [0.1, 0.15) is 18.2 Å². The first-order valence-corrected chi connectivity index (χ1v) is 15.1. The molecule has 8 nitrogen and oxygen atoms in total. The summed E-state index contributed by atoms with van der Waals surface area (Å²) in [5.74, 6) is 1.38. The Bertz CT molecular complexity index is 1950. The highest BCUT2D eigenvalue weighted by Crippen LogP contribution is 2.32. The highest BCUT2D eigenvalue weighted by molar-refractivity contribution is 7.90. The van der Waals surface area contributed by atoms with E-state index in [9.17, 15) is 8.42 Å². The molecular formula is C32H27N5O3S. The number of nitrogens with zero attached hydrogens (tertiary/aromatic N) is 5. The molecule has 6 aromatic rings. The molecule has 2 heterocycles. The van der Waals surface area contributed by atoms with Gasteiger partial charge < -0.3 is 4.74 Å². The van der Waals surface area contributed by atoms with E-state index in [-0.39, 0.29) is 4.90 Å². The first-order valence-electron chi connectivity index (χ1n) is 13.2. The SMILES string of the molecule is CCc1cc(OCc2ccc(-c3ccccc3-c3nnnn3-c3ccc(S(C)(=O)=O)cc3)cc2)c2ccccc2n1. The van der Waals surface area contributed by atoms with E-state index in [0.29, 0.717) is 18.1 Å². The van der Waals surface area contributed by atoms with Gasteiger partial charge in [-0.15, -0.1) is 5.10 Å². The molecule has 0 saturated heterocycles. The van der Waals surface area contributed by atoms with Crippen LogP contribution in [0.5, 0.6) is 5.75 Å². The van der Waals surface area contributed by atoms with Gasteiger partial charge >= 0.3 is 0 Å². The van der Waals surface area contributed by atoms with E-state index in [2.05, 4.69) is 46.7 Å². The van der Waals surface area contributed by atoms with Crippen LogP contribution in [0.3, 0.4) is 0 Å². The number of fused-ring (bicyclic) bond motifs is 1. The third kappa shape index (κ3) is 5.44. The van der Waals surface area contributed by atoms with Crippen LogP contribution in [0.4, 0.5) is 0 Å². The van der Waals surface area contributed by atoms with E-state index < -0.39 is 9.84 Å². The maximum Gasteiger partial charge on any atom is 0.187 e. The standard InChI is InChI=1S/C32H27N5O3S/c1-3-24-20-31(29-10-6-7-11-30(29)33-24)40-21-22-12-14-23(15-13-22)27-8-4-5-9-28(27)32-34-35-36-37(32)25-16-18-26(19-17-25)41(2,38)39/h4-20H,3,21H2,1-2H3. The predicted octanol–water partition coefficient (Wildman–Crippen LogP) is 6.09. The average Bonchev–Trinajstić information content (AvgIpc) is 3.49. The van der Waals surface area contributed by atoms with Gasteiger partial charge in [-0.2, -0.15) is 4.68 Å². The van der Waals surface area contributed by atoms with Gasteiger partial charge in [-0.25, -0.2) is 8.42 Å². The molecule has 0 fully saturated rings. The zero-order valence-corrected chi connectivity index (χ0v) is 23.4. The Morgan fingerprint density at radius 3 is 2.27 bits per heavy atom. The second-order valence-corrected chi connectivity index (χ2v) is 11.7. The van der Waals surface area contributed by atoms with Crippen LogP contribution in [0.2, 0.25) is 0 Å². The molecule has 2 aromatic heterocycles. The zero-order chi connectivity index (χ0) is 28.4. The quantitative estimate of drug-likeness (QED) is 0.222. The minimum absolute atomic E-state index is 0.239. The number of aryl methyl sites for hydroxylation is 1. The largest absolute Gasteiger partial charge is 0.488 e. The van der Waals surface area contributed by atoms with Crippen molar-refractivity contribution >= 4 is 20.7 Å². The highest BCUT2D eigenvalue weighted by Gasteiger charge is 2.16. The van der Waals surface area contributed by atoms with Crippen LogP contribution in [0, 0.1) is 0 Å². The van der Waals surface area contributed by atoms with Gasteiger partial charge in [0.2, 0.25) is 0 Å². The molecule has 6 rings (SSSR count). The molecule has 4 aromatic carbocycles. The second-order valence-electron chi connectivity index (χ2n) is 9.69. The Morgan fingerprint density at radius 1 is 0.829 bits per heavy atom. The summed E-state index contributed by atoms with van der Waals surface area (Å²) in [6, 6.07) is 32.7. The third-order valence-corrected chi connectivity index (χ3v) is 8.03. The van der Waals surface area contributed by atoms with Gasteiger partial charge in [-0.1, -0.05) is 67.6 Å². The van der Waals surface area contributed by atoms with Crippen molar-refractivity contribution in [2.75, 3.05) is 6.26 Å². The van der Waals surface area contributed by atoms with Crippen molar-refractivity contribution < 1.29 is 13.2 Å². The summed E-state index contributed by atoms with van der Waals surface area (Å²) < 4.78 is 31.6. The fourth-order valence-corrected chi connectivity index (χ4v) is 5.36. The average molecular weight is 562 g/mol. The lowest BCUT2D eigenvalue weighted by atomic mass is 9.98. The summed E-state index contributed by atoms with van der Waals surface area (Å²) in [4.78, 5) is 4.94. The summed E-state index contributed by atoms with van der Waals surface area (Å²) in [7, 11) is -3.30. The molecule has 41 heavy (non-hydrogen) atoms. The summed E-state index contributed by atoms with van der Waals surface area (Å²) in [5.41, 5.74) is 6.46. The van der Waals surface area contributed by atoms with Gasteiger partial charge in [0.15, 0.2) is 15.7 Å². The Hall–Kier alpha value is -4.89. The van der Waals surface area contributed by atoms with Gasteiger partial charge in [0.1, 0.15) is 12.4 Å². The van der Waals surface area contributed by atoms with Crippen molar-refractivity contribution in [3.05, 3.63) is 114 Å². The van der Waals surface area contributed by atoms with Crippen LogP contribution in [-0.2, 0) is 22.9 Å². The molecule has 0 bridgehead atoms. The lowest BCUT2D eigenvalue weighted by Gasteiger charge is -2.13. The molecular weight excluding hydrogens is 534 g/mol. The van der Waals surface area contributed by atoms with Gasteiger partial charge in [-0.3, -0.25) is 4.98 Å². The summed E-state index contributed by atoms with van der Waals surface area (Å²) in [6.45, 7) is 2.52. The number of ether oxygens (including phenoxy) is 1. The van der Waals surface area contributed by atoms with E-state index >= 15 is 0 Å². The lowest BCUT2D eigenvalue weighted by molar-refractivity contribution is 0.309. The van der Waals surface area contributed by atoms with Crippen molar-refractivity contribution in [3.63, 3.8) is 0 Å². The lowest BCUT2D eigenvalue weighted by Crippen LogP contribution is -2.02. The Labute approximate surface area is 238 Å². The second kappa shape index (κ2) is 10.9. The Morgan fingerprint density at radius 2 is 1.54 bits per heavy atom. The van der Waals surface area contributed by atoms with Crippen molar-refractivity contribution in [3.8, 4) is 34.0 Å². The monoisotopic (exact) mass is 561 g/mol. The smallest absolute Gasteiger partial charge is 0.187 e. The summed E-state index contributed by atoms with van der Waals surface area (Å²) in [5, 5.41) is 13.4. The van der Waals surface area contributed by atoms with Crippen LogP contribution in [0.25, 0.3) is 39.1 Å². The van der Waals surface area contributed by atoms with Crippen LogP contribution in [0.15, 0.2) is 108 Å². The number of hydrogen-bond donors (Lipinski definition) is 0. The maximum absolute atomic E-state index is 11.9.